The van der Waals surface area contributed by atoms with E-state index in [9.17, 15) is 9.90 Å². The summed E-state index contributed by atoms with van der Waals surface area (Å²) < 4.78 is 0. The molecule has 4 nitrogen and oxygen atoms in total. The minimum atomic E-state index is 0.205. The van der Waals surface area contributed by atoms with Gasteiger partial charge in [0.15, 0.2) is 0 Å². The zero-order chi connectivity index (χ0) is 13.7. The lowest BCUT2D eigenvalue weighted by atomic mass is 9.93. The first kappa shape index (κ1) is 14.5. The molecule has 0 radical (unpaired) electrons. The standard InChI is InChI=1S/C15H26N2O2/c1-2-14(12-18)16-8-10-17(11-9-16)15(19)13-6-4-3-5-7-13/h3-4,13-14,18H,2,5-12H2,1H3. The van der Waals surface area contributed by atoms with Crippen LogP contribution < -0.4 is 0 Å². The van der Waals surface area contributed by atoms with Gasteiger partial charge in [-0.3, -0.25) is 9.69 Å². The summed E-state index contributed by atoms with van der Waals surface area (Å²) in [5.41, 5.74) is 0. The maximum Gasteiger partial charge on any atom is 0.226 e. The number of aliphatic hydroxyl groups excluding tert-OH is 1. The molecule has 4 heteroatoms. The Hall–Kier alpha value is -0.870. The van der Waals surface area contributed by atoms with Gasteiger partial charge in [0.25, 0.3) is 0 Å². The first-order valence-corrected chi connectivity index (χ1v) is 7.55. The van der Waals surface area contributed by atoms with Gasteiger partial charge in [-0.1, -0.05) is 19.1 Å². The van der Waals surface area contributed by atoms with Gasteiger partial charge in [0.1, 0.15) is 0 Å². The molecule has 2 aliphatic rings. The van der Waals surface area contributed by atoms with Crippen LogP contribution in [0.2, 0.25) is 0 Å². The fourth-order valence-electron chi connectivity index (χ4n) is 3.09. The van der Waals surface area contributed by atoms with Crippen LogP contribution in [0.1, 0.15) is 32.6 Å². The van der Waals surface area contributed by atoms with E-state index in [4.69, 9.17) is 0 Å². The molecule has 1 aliphatic heterocycles. The maximum absolute atomic E-state index is 12.4. The molecule has 1 heterocycles. The van der Waals surface area contributed by atoms with Gasteiger partial charge >= 0.3 is 0 Å². The Balaban J connectivity index is 1.82. The van der Waals surface area contributed by atoms with Gasteiger partial charge in [-0.2, -0.15) is 0 Å². The zero-order valence-corrected chi connectivity index (χ0v) is 11.9. The Morgan fingerprint density at radius 2 is 2.05 bits per heavy atom. The fourth-order valence-corrected chi connectivity index (χ4v) is 3.09. The van der Waals surface area contributed by atoms with Crippen LogP contribution in [-0.4, -0.2) is 59.6 Å². The van der Waals surface area contributed by atoms with Crippen molar-refractivity contribution in [2.24, 2.45) is 5.92 Å². The van der Waals surface area contributed by atoms with Gasteiger partial charge in [0, 0.05) is 38.1 Å². The number of rotatable bonds is 4. The van der Waals surface area contributed by atoms with E-state index in [0.717, 1.165) is 51.9 Å². The van der Waals surface area contributed by atoms with Crippen molar-refractivity contribution in [3.8, 4) is 0 Å². The Morgan fingerprint density at radius 3 is 2.58 bits per heavy atom. The molecule has 1 saturated heterocycles. The number of carbonyl (C=O) groups excluding carboxylic acids is 1. The molecule has 1 aliphatic carbocycles. The molecule has 0 aromatic carbocycles. The molecule has 1 fully saturated rings. The highest BCUT2D eigenvalue weighted by atomic mass is 16.3. The highest BCUT2D eigenvalue weighted by Gasteiger charge is 2.28. The normalized spacial score (nSPS) is 26.4. The molecule has 19 heavy (non-hydrogen) atoms. The van der Waals surface area contributed by atoms with E-state index in [1.165, 1.54) is 0 Å². The molecule has 0 aromatic heterocycles. The largest absolute Gasteiger partial charge is 0.395 e. The van der Waals surface area contributed by atoms with Gasteiger partial charge in [-0.25, -0.2) is 0 Å². The van der Waals surface area contributed by atoms with Crippen molar-refractivity contribution in [3.05, 3.63) is 12.2 Å². The van der Waals surface area contributed by atoms with Crippen molar-refractivity contribution in [2.75, 3.05) is 32.8 Å². The lowest BCUT2D eigenvalue weighted by molar-refractivity contribution is -0.138. The van der Waals surface area contributed by atoms with E-state index in [1.54, 1.807) is 0 Å². The van der Waals surface area contributed by atoms with Crippen molar-refractivity contribution in [1.29, 1.82) is 0 Å². The Labute approximate surface area is 116 Å². The number of allylic oxidation sites excluding steroid dienone is 2. The zero-order valence-electron chi connectivity index (χ0n) is 11.9. The van der Waals surface area contributed by atoms with E-state index in [0.29, 0.717) is 5.91 Å². The summed E-state index contributed by atoms with van der Waals surface area (Å²) in [7, 11) is 0. The molecule has 2 atom stereocenters. The minimum Gasteiger partial charge on any atom is -0.395 e. The van der Waals surface area contributed by atoms with Crippen molar-refractivity contribution in [2.45, 2.75) is 38.6 Å². The third-order valence-corrected chi connectivity index (χ3v) is 4.44. The summed E-state index contributed by atoms with van der Waals surface area (Å²) in [6.07, 6.45) is 8.24. The molecule has 108 valence electrons. The molecule has 1 N–H and O–H groups in total. The minimum absolute atomic E-state index is 0.205. The second kappa shape index (κ2) is 7.06. The lowest BCUT2D eigenvalue weighted by Gasteiger charge is -2.39. The van der Waals surface area contributed by atoms with Crippen molar-refractivity contribution < 1.29 is 9.90 Å². The number of nitrogens with zero attached hydrogens (tertiary/aromatic N) is 2. The number of piperazine rings is 1. The smallest absolute Gasteiger partial charge is 0.226 e. The van der Waals surface area contributed by atoms with E-state index in [1.807, 2.05) is 4.90 Å². The monoisotopic (exact) mass is 266 g/mol. The predicted octanol–water partition coefficient (Wildman–Crippen LogP) is 1.26. The average Bonchev–Trinajstić information content (AvgIpc) is 2.49. The Bertz CT molecular complexity index is 318. The number of amides is 1. The van der Waals surface area contributed by atoms with E-state index in [2.05, 4.69) is 24.0 Å². The van der Waals surface area contributed by atoms with Crippen molar-refractivity contribution in [3.63, 3.8) is 0 Å². The van der Waals surface area contributed by atoms with Crippen LogP contribution in [0.5, 0.6) is 0 Å². The molecule has 0 spiro atoms. The fraction of sp³-hybridized carbons (Fsp3) is 0.800. The Morgan fingerprint density at radius 1 is 1.32 bits per heavy atom. The van der Waals surface area contributed by atoms with Crippen LogP contribution in [0.25, 0.3) is 0 Å². The van der Waals surface area contributed by atoms with Gasteiger partial charge in [0.2, 0.25) is 5.91 Å². The van der Waals surface area contributed by atoms with Crippen molar-refractivity contribution in [1.82, 2.24) is 9.80 Å². The topological polar surface area (TPSA) is 43.8 Å². The third kappa shape index (κ3) is 3.57. The summed E-state index contributed by atoms with van der Waals surface area (Å²) in [6, 6.07) is 0.259. The van der Waals surface area contributed by atoms with Crippen molar-refractivity contribution >= 4 is 5.91 Å². The first-order valence-electron chi connectivity index (χ1n) is 7.55. The lowest BCUT2D eigenvalue weighted by Crippen LogP contribution is -2.53. The van der Waals surface area contributed by atoms with E-state index >= 15 is 0 Å². The second-order valence-corrected chi connectivity index (χ2v) is 5.59. The van der Waals surface area contributed by atoms with Gasteiger partial charge < -0.3 is 10.0 Å². The van der Waals surface area contributed by atoms with Crippen LogP contribution >= 0.6 is 0 Å². The van der Waals surface area contributed by atoms with Gasteiger partial charge in [0.05, 0.1) is 6.61 Å². The van der Waals surface area contributed by atoms with Crippen LogP contribution in [-0.2, 0) is 4.79 Å². The van der Waals surface area contributed by atoms with Crippen LogP contribution in [0.15, 0.2) is 12.2 Å². The van der Waals surface area contributed by atoms with Crippen LogP contribution in [0.4, 0.5) is 0 Å². The van der Waals surface area contributed by atoms with Crippen LogP contribution in [0, 0.1) is 5.92 Å². The summed E-state index contributed by atoms with van der Waals surface area (Å²) >= 11 is 0. The summed E-state index contributed by atoms with van der Waals surface area (Å²) in [6.45, 7) is 5.75. The second-order valence-electron chi connectivity index (χ2n) is 5.59. The molecule has 2 rings (SSSR count). The van der Waals surface area contributed by atoms with Gasteiger partial charge in [-0.15, -0.1) is 0 Å². The number of carbonyl (C=O) groups is 1. The number of hydrogen-bond donors (Lipinski definition) is 1. The molecule has 0 bridgehead atoms. The third-order valence-electron chi connectivity index (χ3n) is 4.44. The number of hydrogen-bond acceptors (Lipinski definition) is 3. The first-order chi connectivity index (χ1) is 9.26. The molecule has 1 amide bonds. The number of aliphatic hydroxyl groups is 1. The van der Waals surface area contributed by atoms with E-state index in [-0.39, 0.29) is 18.6 Å². The predicted molar refractivity (Wildman–Crippen MR) is 75.8 cm³/mol. The molecule has 2 unspecified atom stereocenters. The molecular weight excluding hydrogens is 240 g/mol. The Kier molecular flexibility index (Phi) is 5.40. The average molecular weight is 266 g/mol. The summed E-state index contributed by atoms with van der Waals surface area (Å²) in [5.74, 6) is 0.539. The van der Waals surface area contributed by atoms with Crippen LogP contribution in [0.3, 0.4) is 0 Å². The van der Waals surface area contributed by atoms with Gasteiger partial charge in [-0.05, 0) is 25.7 Å². The SMILES string of the molecule is CCC(CO)N1CCN(C(=O)C2CC=CCC2)CC1. The van der Waals surface area contributed by atoms with E-state index < -0.39 is 0 Å². The highest BCUT2D eigenvalue weighted by molar-refractivity contribution is 5.79. The summed E-state index contributed by atoms with van der Waals surface area (Å²) in [5, 5.41) is 9.33. The molecular formula is C15H26N2O2. The summed E-state index contributed by atoms with van der Waals surface area (Å²) in [4.78, 5) is 16.7. The highest BCUT2D eigenvalue weighted by Crippen LogP contribution is 2.21. The maximum atomic E-state index is 12.4. The molecule has 0 aromatic rings. The molecule has 0 saturated carbocycles. The quantitative estimate of drug-likeness (QED) is 0.779.